The number of hydrogen-bond donors (Lipinski definition) is 3. The molecule has 2 aliphatic rings. The van der Waals surface area contributed by atoms with Crippen LogP contribution >= 0.6 is 0 Å². The number of carbonyl (C=O) groups is 3. The van der Waals surface area contributed by atoms with E-state index in [0.29, 0.717) is 0 Å². The van der Waals surface area contributed by atoms with Gasteiger partial charge in [-0.05, 0) is 18.2 Å². The van der Waals surface area contributed by atoms with Crippen molar-refractivity contribution in [2.24, 2.45) is 4.99 Å². The van der Waals surface area contributed by atoms with Crippen LogP contribution in [-0.2, 0) is 19.2 Å². The van der Waals surface area contributed by atoms with Gasteiger partial charge in [0.05, 0.1) is 5.71 Å². The normalized spacial score (nSPS) is 22.9. The van der Waals surface area contributed by atoms with Crippen molar-refractivity contribution < 1.29 is 29.4 Å². The van der Waals surface area contributed by atoms with Crippen LogP contribution in [-0.4, -0.2) is 45.7 Å². The Morgan fingerprint density at radius 3 is 2.60 bits per heavy atom. The Bertz CT molecular complexity index is 628. The number of nitrogens with zero attached hydrogens (tertiary/aromatic N) is 2. The number of aliphatic carboxylic acids is 1. The van der Waals surface area contributed by atoms with Gasteiger partial charge >= 0.3 is 11.9 Å². The molecular weight excluding hydrogens is 270 g/mol. The van der Waals surface area contributed by atoms with E-state index >= 15 is 0 Å². The standard InChI is InChI=1S/C11H9N3O6/c1-14-8(11(19)20-13-14)9(16)12-5-2-3-7(15)6(4-5)10(17)18/h2-4,13,16H,1H3,(H,17,18)/b9-8-,12-5+. The van der Waals surface area contributed by atoms with Gasteiger partial charge in [-0.15, -0.1) is 0 Å². The largest absolute Gasteiger partial charge is 0.492 e. The quantitative estimate of drug-likeness (QED) is 0.260. The number of aliphatic hydroxyl groups is 1. The number of carbonyl (C=O) groups excluding carboxylic acids is 2. The SMILES string of the molecule is CN1NOC(=O)/C1=C(O)\N=C1/C=CC(=O)C(C(=O)O)=C1. The van der Waals surface area contributed by atoms with Gasteiger partial charge in [0.1, 0.15) is 5.57 Å². The Morgan fingerprint density at radius 2 is 2.05 bits per heavy atom. The second kappa shape index (κ2) is 4.97. The lowest BCUT2D eigenvalue weighted by molar-refractivity contribution is -0.142. The van der Waals surface area contributed by atoms with Crippen LogP contribution in [0, 0.1) is 0 Å². The summed E-state index contributed by atoms with van der Waals surface area (Å²) in [6.45, 7) is 0. The van der Waals surface area contributed by atoms with Gasteiger partial charge < -0.3 is 15.1 Å². The molecule has 0 unspecified atom stereocenters. The number of hydrazine groups is 1. The van der Waals surface area contributed by atoms with Gasteiger partial charge in [-0.3, -0.25) is 9.80 Å². The van der Waals surface area contributed by atoms with Crippen LogP contribution in [0.5, 0.6) is 0 Å². The van der Waals surface area contributed by atoms with Crippen molar-refractivity contribution in [3.63, 3.8) is 0 Å². The Kier molecular flexibility index (Phi) is 3.36. The van der Waals surface area contributed by atoms with E-state index in [4.69, 9.17) is 5.11 Å². The number of hydrogen-bond acceptors (Lipinski definition) is 8. The Labute approximate surface area is 112 Å². The number of aliphatic hydroxyl groups excluding tert-OH is 1. The van der Waals surface area contributed by atoms with Crippen molar-refractivity contribution in [1.29, 1.82) is 0 Å². The number of allylic oxidation sites excluding steroid dienone is 3. The summed E-state index contributed by atoms with van der Waals surface area (Å²) in [4.78, 5) is 41.5. The van der Waals surface area contributed by atoms with E-state index in [0.717, 1.165) is 17.2 Å². The van der Waals surface area contributed by atoms with E-state index in [-0.39, 0.29) is 11.4 Å². The zero-order valence-corrected chi connectivity index (χ0v) is 10.2. The first-order chi connectivity index (χ1) is 9.40. The maximum atomic E-state index is 11.3. The Morgan fingerprint density at radius 1 is 1.35 bits per heavy atom. The fourth-order valence-electron chi connectivity index (χ4n) is 1.51. The summed E-state index contributed by atoms with van der Waals surface area (Å²) in [5.41, 5.74) is 1.48. The number of nitrogens with one attached hydrogen (secondary N) is 1. The van der Waals surface area contributed by atoms with E-state index in [1.807, 2.05) is 0 Å². The highest BCUT2D eigenvalue weighted by Crippen LogP contribution is 2.15. The summed E-state index contributed by atoms with van der Waals surface area (Å²) in [6, 6.07) is 0. The van der Waals surface area contributed by atoms with Crippen LogP contribution in [0.1, 0.15) is 0 Å². The summed E-state index contributed by atoms with van der Waals surface area (Å²) >= 11 is 0. The van der Waals surface area contributed by atoms with Gasteiger partial charge in [-0.25, -0.2) is 14.6 Å². The molecule has 0 aromatic carbocycles. The van der Waals surface area contributed by atoms with Crippen LogP contribution in [0.25, 0.3) is 0 Å². The molecule has 1 heterocycles. The molecule has 0 aromatic heterocycles. The summed E-state index contributed by atoms with van der Waals surface area (Å²) in [6.07, 6.45) is 3.23. The van der Waals surface area contributed by atoms with Gasteiger partial charge in [0.2, 0.25) is 11.6 Å². The fraction of sp³-hybridized carbons (Fsp3) is 0.0909. The number of ketones is 1. The number of likely N-dealkylation sites (N-methyl/N-ethyl adjacent to an activating group) is 1. The minimum Gasteiger partial charge on any atom is -0.492 e. The lowest BCUT2D eigenvalue weighted by Gasteiger charge is -2.08. The first kappa shape index (κ1) is 13.5. The number of carboxylic acids is 1. The zero-order valence-electron chi connectivity index (χ0n) is 10.2. The van der Waals surface area contributed by atoms with Gasteiger partial charge in [-0.2, -0.15) is 0 Å². The van der Waals surface area contributed by atoms with Crippen molar-refractivity contribution in [2.75, 3.05) is 7.05 Å². The lowest BCUT2D eigenvalue weighted by Crippen LogP contribution is -2.24. The third-order valence-electron chi connectivity index (χ3n) is 2.44. The first-order valence-electron chi connectivity index (χ1n) is 5.30. The molecule has 0 aromatic rings. The molecule has 0 spiro atoms. The van der Waals surface area contributed by atoms with Gasteiger partial charge in [0, 0.05) is 7.05 Å². The first-order valence-corrected chi connectivity index (χ1v) is 5.30. The highest BCUT2D eigenvalue weighted by atomic mass is 16.7. The summed E-state index contributed by atoms with van der Waals surface area (Å²) in [5, 5.41) is 19.7. The third-order valence-corrected chi connectivity index (χ3v) is 2.44. The predicted molar refractivity (Wildman–Crippen MR) is 63.9 cm³/mol. The molecule has 1 fully saturated rings. The van der Waals surface area contributed by atoms with E-state index in [1.165, 1.54) is 13.1 Å². The zero-order chi connectivity index (χ0) is 14.9. The molecule has 20 heavy (non-hydrogen) atoms. The van der Waals surface area contributed by atoms with Crippen LogP contribution in [0.3, 0.4) is 0 Å². The molecule has 1 aliphatic carbocycles. The molecule has 1 aliphatic heterocycles. The molecule has 2 rings (SSSR count). The van der Waals surface area contributed by atoms with Crippen LogP contribution in [0.4, 0.5) is 0 Å². The van der Waals surface area contributed by atoms with Crippen molar-refractivity contribution in [3.05, 3.63) is 35.4 Å². The summed E-state index contributed by atoms with van der Waals surface area (Å²) in [5.74, 6) is -3.59. The van der Waals surface area contributed by atoms with Crippen molar-refractivity contribution in [3.8, 4) is 0 Å². The van der Waals surface area contributed by atoms with E-state index in [2.05, 4.69) is 15.4 Å². The number of aliphatic imine (C=N–C) groups is 1. The number of carboxylic acid groups (broad SMARTS) is 1. The fourth-order valence-corrected chi connectivity index (χ4v) is 1.51. The smallest absolute Gasteiger partial charge is 0.382 e. The van der Waals surface area contributed by atoms with Crippen LogP contribution in [0.15, 0.2) is 40.4 Å². The van der Waals surface area contributed by atoms with Crippen molar-refractivity contribution in [2.45, 2.75) is 0 Å². The molecule has 0 atom stereocenters. The molecule has 0 radical (unpaired) electrons. The monoisotopic (exact) mass is 279 g/mol. The summed E-state index contributed by atoms with van der Waals surface area (Å²) < 4.78 is 0. The third kappa shape index (κ3) is 2.42. The lowest BCUT2D eigenvalue weighted by atomic mass is 10.0. The number of rotatable bonds is 2. The second-order valence-corrected chi connectivity index (χ2v) is 3.81. The van der Waals surface area contributed by atoms with Gasteiger partial charge in [-0.1, -0.05) is 5.59 Å². The Balaban J connectivity index is 2.39. The summed E-state index contributed by atoms with van der Waals surface area (Å²) in [7, 11) is 1.41. The molecule has 0 bridgehead atoms. The molecule has 0 saturated carbocycles. The van der Waals surface area contributed by atoms with Crippen molar-refractivity contribution in [1.82, 2.24) is 10.6 Å². The Hall–Kier alpha value is -2.94. The molecule has 0 amide bonds. The maximum Gasteiger partial charge on any atom is 0.382 e. The average molecular weight is 279 g/mol. The highest BCUT2D eigenvalue weighted by Gasteiger charge is 2.29. The molecule has 104 valence electrons. The maximum absolute atomic E-state index is 11.3. The second-order valence-electron chi connectivity index (χ2n) is 3.81. The highest BCUT2D eigenvalue weighted by molar-refractivity contribution is 6.29. The topological polar surface area (TPSA) is 129 Å². The van der Waals surface area contributed by atoms with Gasteiger partial charge in [0.25, 0.3) is 0 Å². The minimum absolute atomic E-state index is 0.0140. The predicted octanol–water partition coefficient (Wildman–Crippen LogP) is -0.787. The van der Waals surface area contributed by atoms with E-state index in [9.17, 15) is 19.5 Å². The van der Waals surface area contributed by atoms with Crippen LogP contribution < -0.4 is 5.59 Å². The minimum atomic E-state index is -1.40. The molecule has 3 N–H and O–H groups in total. The molecule has 1 saturated heterocycles. The van der Waals surface area contributed by atoms with Crippen LogP contribution in [0.2, 0.25) is 0 Å². The molecular formula is C11H9N3O6. The molecule has 9 heteroatoms. The van der Waals surface area contributed by atoms with Gasteiger partial charge in [0.15, 0.2) is 5.78 Å². The average Bonchev–Trinajstić information content (AvgIpc) is 2.71. The van der Waals surface area contributed by atoms with Crippen molar-refractivity contribution >= 4 is 23.4 Å². The molecule has 9 nitrogen and oxygen atoms in total. The van der Waals surface area contributed by atoms with E-state index in [1.54, 1.807) is 0 Å². The van der Waals surface area contributed by atoms with E-state index < -0.39 is 29.2 Å².